The summed E-state index contributed by atoms with van der Waals surface area (Å²) in [5, 5.41) is 5.93. The molecular weight excluding hydrogens is 817 g/mol. The van der Waals surface area contributed by atoms with Gasteiger partial charge in [0, 0.05) is 24.4 Å². The van der Waals surface area contributed by atoms with Crippen LogP contribution in [0.1, 0.15) is 11.1 Å². The summed E-state index contributed by atoms with van der Waals surface area (Å²) in [6.45, 7) is 0.423. The minimum absolute atomic E-state index is 0.284. The second-order valence-electron chi connectivity index (χ2n) is 8.82. The van der Waals surface area contributed by atoms with Crippen LogP contribution in [0.5, 0.6) is 5.75 Å². The Morgan fingerprint density at radius 1 is 0.950 bits per heavy atom. The molecule has 0 unspecified atom stereocenters. The molecule has 0 spiro atoms. The highest BCUT2D eigenvalue weighted by Gasteiger charge is 2.16. The van der Waals surface area contributed by atoms with E-state index in [1.54, 1.807) is 18.3 Å². The quantitative estimate of drug-likeness (QED) is 0.124. The van der Waals surface area contributed by atoms with Gasteiger partial charge in [0.25, 0.3) is 5.56 Å². The van der Waals surface area contributed by atoms with E-state index in [2.05, 4.69) is 75.5 Å². The molecule has 0 aliphatic heterocycles. The predicted octanol–water partition coefficient (Wildman–Crippen LogP) is 9.16. The highest BCUT2D eigenvalue weighted by molar-refractivity contribution is 14.1. The lowest BCUT2D eigenvalue weighted by atomic mass is 10.2. The molecule has 0 fully saturated rings. The van der Waals surface area contributed by atoms with E-state index in [0.29, 0.717) is 34.7 Å². The number of ether oxygens (including phenoxy) is 1. The largest absolute Gasteiger partial charge is 0.488 e. The molecule has 0 bridgehead atoms. The first-order valence-electron chi connectivity index (χ1n) is 12.0. The van der Waals surface area contributed by atoms with Crippen molar-refractivity contribution in [3.8, 4) is 17.3 Å². The average molecular weight is 834 g/mol. The highest BCUT2D eigenvalue weighted by Crippen LogP contribution is 2.30. The second kappa shape index (κ2) is 11.6. The summed E-state index contributed by atoms with van der Waals surface area (Å²) in [6.07, 6.45) is 1.64. The fourth-order valence-corrected chi connectivity index (χ4v) is 6.38. The third kappa shape index (κ3) is 5.67. The lowest BCUT2D eigenvalue weighted by Crippen LogP contribution is -2.20. The zero-order valence-electron chi connectivity index (χ0n) is 20.4. The van der Waals surface area contributed by atoms with E-state index in [0.717, 1.165) is 39.3 Å². The predicted molar refractivity (Wildman–Crippen MR) is 177 cm³/mol. The standard InChI is InChI=1S/C30H17Br3IN3O3/c31-20-8-10-26-19(12-20)13-28(40-26)29-36-25-4-2-1-3-22(25)30(38)37(29)35-15-17-5-9-27(24(34)11-17)39-16-18-6-7-21(32)14-23(18)33/h1-15H,16H2. The van der Waals surface area contributed by atoms with E-state index in [1.807, 2.05) is 72.8 Å². The number of hydrogen-bond acceptors (Lipinski definition) is 5. The average Bonchev–Trinajstić information content (AvgIpc) is 3.36. The summed E-state index contributed by atoms with van der Waals surface area (Å²) in [6, 6.07) is 26.5. The van der Waals surface area contributed by atoms with Crippen molar-refractivity contribution in [2.45, 2.75) is 6.61 Å². The van der Waals surface area contributed by atoms with E-state index in [-0.39, 0.29) is 5.56 Å². The number of halogens is 4. The Morgan fingerprint density at radius 2 is 1.75 bits per heavy atom. The minimum Gasteiger partial charge on any atom is -0.488 e. The van der Waals surface area contributed by atoms with Crippen LogP contribution < -0.4 is 10.3 Å². The van der Waals surface area contributed by atoms with E-state index in [4.69, 9.17) is 14.1 Å². The van der Waals surface area contributed by atoms with Crippen LogP contribution in [0.4, 0.5) is 0 Å². The van der Waals surface area contributed by atoms with Crippen LogP contribution in [-0.4, -0.2) is 15.9 Å². The molecule has 0 amide bonds. The van der Waals surface area contributed by atoms with Crippen LogP contribution in [0.25, 0.3) is 33.5 Å². The van der Waals surface area contributed by atoms with E-state index in [9.17, 15) is 4.79 Å². The Labute approximate surface area is 267 Å². The van der Waals surface area contributed by atoms with Crippen LogP contribution in [-0.2, 0) is 6.61 Å². The van der Waals surface area contributed by atoms with Crippen molar-refractivity contribution < 1.29 is 9.15 Å². The molecule has 0 aliphatic carbocycles. The first-order valence-corrected chi connectivity index (χ1v) is 15.4. The van der Waals surface area contributed by atoms with Crippen LogP contribution in [0.3, 0.4) is 0 Å². The topological polar surface area (TPSA) is 69.6 Å². The Morgan fingerprint density at radius 3 is 2.58 bits per heavy atom. The lowest BCUT2D eigenvalue weighted by molar-refractivity contribution is 0.303. The SMILES string of the molecule is O=c1c2ccccc2nc(-c2cc3cc(Br)ccc3o2)n1N=Cc1ccc(OCc2ccc(Br)cc2Br)c(I)c1. The van der Waals surface area contributed by atoms with Crippen molar-refractivity contribution in [3.63, 3.8) is 0 Å². The molecule has 0 radical (unpaired) electrons. The summed E-state index contributed by atoms with van der Waals surface area (Å²) >= 11 is 12.8. The van der Waals surface area contributed by atoms with Gasteiger partial charge in [-0.05, 0) is 94.9 Å². The molecule has 0 aliphatic rings. The number of fused-ring (bicyclic) bond motifs is 2. The Balaban J connectivity index is 1.34. The van der Waals surface area contributed by atoms with Crippen molar-refractivity contribution in [1.82, 2.24) is 9.66 Å². The molecule has 0 atom stereocenters. The van der Waals surface area contributed by atoms with Gasteiger partial charge in [-0.1, -0.05) is 66.0 Å². The molecule has 0 N–H and O–H groups in total. The number of benzene rings is 4. The minimum atomic E-state index is -0.284. The van der Waals surface area contributed by atoms with Crippen molar-refractivity contribution in [3.05, 3.63) is 123 Å². The van der Waals surface area contributed by atoms with Crippen LogP contribution in [0, 0.1) is 3.57 Å². The summed E-state index contributed by atoms with van der Waals surface area (Å²) in [5.41, 5.74) is 2.83. The van der Waals surface area contributed by atoms with Gasteiger partial charge in [-0.3, -0.25) is 4.79 Å². The molecule has 6 nitrogen and oxygen atoms in total. The first-order chi connectivity index (χ1) is 19.4. The molecule has 40 heavy (non-hydrogen) atoms. The van der Waals surface area contributed by atoms with Crippen molar-refractivity contribution in [2.24, 2.45) is 5.10 Å². The summed E-state index contributed by atoms with van der Waals surface area (Å²) in [4.78, 5) is 18.3. The highest BCUT2D eigenvalue weighted by atomic mass is 127. The van der Waals surface area contributed by atoms with Crippen molar-refractivity contribution >= 4 is 98.5 Å². The maximum atomic E-state index is 13.5. The fraction of sp³-hybridized carbons (Fsp3) is 0.0333. The van der Waals surface area contributed by atoms with Crippen LogP contribution in [0.2, 0.25) is 0 Å². The summed E-state index contributed by atoms with van der Waals surface area (Å²) in [7, 11) is 0. The Hall–Kier alpha value is -2.80. The molecule has 4 aromatic carbocycles. The smallest absolute Gasteiger partial charge is 0.282 e. The van der Waals surface area contributed by atoms with Crippen LogP contribution >= 0.6 is 70.4 Å². The van der Waals surface area contributed by atoms with E-state index >= 15 is 0 Å². The van der Waals surface area contributed by atoms with E-state index < -0.39 is 0 Å². The number of rotatable bonds is 6. The second-order valence-corrected chi connectivity index (χ2v) is 12.7. The molecule has 6 rings (SSSR count). The fourth-order valence-electron chi connectivity index (χ4n) is 4.15. The number of aromatic nitrogens is 2. The third-order valence-corrected chi connectivity index (χ3v) is 8.70. The van der Waals surface area contributed by atoms with Gasteiger partial charge in [-0.2, -0.15) is 9.78 Å². The zero-order chi connectivity index (χ0) is 27.8. The maximum absolute atomic E-state index is 13.5. The molecule has 0 saturated heterocycles. The van der Waals surface area contributed by atoms with Gasteiger partial charge in [0.15, 0.2) is 5.76 Å². The van der Waals surface area contributed by atoms with Gasteiger partial charge >= 0.3 is 0 Å². The number of para-hydroxylation sites is 1. The summed E-state index contributed by atoms with van der Waals surface area (Å²) in [5.74, 6) is 1.53. The first kappa shape index (κ1) is 27.4. The number of furan rings is 1. The molecule has 2 heterocycles. The van der Waals surface area contributed by atoms with Gasteiger partial charge < -0.3 is 9.15 Å². The van der Waals surface area contributed by atoms with Crippen molar-refractivity contribution in [1.29, 1.82) is 0 Å². The molecule has 0 saturated carbocycles. The van der Waals surface area contributed by atoms with Gasteiger partial charge in [0.1, 0.15) is 17.9 Å². The van der Waals surface area contributed by atoms with Crippen LogP contribution in [0.15, 0.2) is 113 Å². The molecule has 198 valence electrons. The molecular formula is C30H17Br3IN3O3. The molecule has 10 heteroatoms. The lowest BCUT2D eigenvalue weighted by Gasteiger charge is -2.11. The molecule has 2 aromatic heterocycles. The van der Waals surface area contributed by atoms with Gasteiger partial charge in [-0.15, -0.1) is 0 Å². The van der Waals surface area contributed by atoms with Gasteiger partial charge in [0.05, 0.1) is 20.7 Å². The number of hydrogen-bond donors (Lipinski definition) is 0. The molecule has 6 aromatic rings. The number of nitrogens with zero attached hydrogens (tertiary/aromatic N) is 3. The van der Waals surface area contributed by atoms with Crippen molar-refractivity contribution in [2.75, 3.05) is 0 Å². The zero-order valence-corrected chi connectivity index (χ0v) is 27.4. The third-order valence-electron chi connectivity index (χ3n) is 6.13. The van der Waals surface area contributed by atoms with E-state index in [1.165, 1.54) is 4.68 Å². The normalized spacial score (nSPS) is 11.6. The maximum Gasteiger partial charge on any atom is 0.282 e. The Bertz CT molecular complexity index is 2000. The van der Waals surface area contributed by atoms with Gasteiger partial charge in [-0.25, -0.2) is 4.98 Å². The Kier molecular flexibility index (Phi) is 7.93. The summed E-state index contributed by atoms with van der Waals surface area (Å²) < 4.78 is 17.3. The van der Waals surface area contributed by atoms with Gasteiger partial charge in [0.2, 0.25) is 5.82 Å². The monoisotopic (exact) mass is 831 g/mol.